The second kappa shape index (κ2) is 5.56. The average molecular weight is 211 g/mol. The van der Waals surface area contributed by atoms with Gasteiger partial charge in [0.05, 0.1) is 13.2 Å². The summed E-state index contributed by atoms with van der Waals surface area (Å²) in [5.74, 6) is -0.182. The van der Waals surface area contributed by atoms with Crippen molar-refractivity contribution in [3.05, 3.63) is 24.0 Å². The van der Waals surface area contributed by atoms with E-state index in [1.165, 1.54) is 7.11 Å². The predicted octanol–water partition coefficient (Wildman–Crippen LogP) is 1.49. The molecule has 0 saturated carbocycles. The summed E-state index contributed by atoms with van der Waals surface area (Å²) in [5.41, 5.74) is 0.896. The van der Waals surface area contributed by atoms with Gasteiger partial charge in [-0.3, -0.25) is 4.79 Å². The molecular weight excluding hydrogens is 194 g/mol. The number of methoxy groups -OCH3 is 1. The predicted molar refractivity (Wildman–Crippen MR) is 56.3 cm³/mol. The number of rotatable bonds is 5. The summed E-state index contributed by atoms with van der Waals surface area (Å²) in [6.07, 6.45) is 4.53. The summed E-state index contributed by atoms with van der Waals surface area (Å²) < 4.78 is 6.51. The van der Waals surface area contributed by atoms with Gasteiger partial charge in [-0.25, -0.2) is 0 Å². The number of hydrogen-bond donors (Lipinski definition) is 1. The number of aromatic nitrogens is 1. The van der Waals surface area contributed by atoms with Crippen LogP contribution in [0, 0.1) is 0 Å². The molecule has 15 heavy (non-hydrogen) atoms. The lowest BCUT2D eigenvalue weighted by Crippen LogP contribution is -2.03. The van der Waals surface area contributed by atoms with E-state index < -0.39 is 6.10 Å². The zero-order chi connectivity index (χ0) is 11.3. The number of aliphatic hydroxyl groups excluding tert-OH is 1. The number of ether oxygens (including phenoxy) is 1. The van der Waals surface area contributed by atoms with Crippen LogP contribution < -0.4 is 0 Å². The van der Waals surface area contributed by atoms with Crippen molar-refractivity contribution < 1.29 is 14.6 Å². The lowest BCUT2D eigenvalue weighted by molar-refractivity contribution is -0.140. The Balaban J connectivity index is 2.34. The van der Waals surface area contributed by atoms with E-state index in [0.29, 0.717) is 6.42 Å². The zero-order valence-electron chi connectivity index (χ0n) is 9.14. The maximum atomic E-state index is 10.8. The number of carbonyl (C=O) groups is 1. The summed E-state index contributed by atoms with van der Waals surface area (Å²) >= 11 is 0. The smallest absolute Gasteiger partial charge is 0.305 e. The second-order valence-corrected chi connectivity index (χ2v) is 3.54. The monoisotopic (exact) mass is 211 g/mol. The van der Waals surface area contributed by atoms with Crippen LogP contribution in [-0.4, -0.2) is 22.8 Å². The molecular formula is C11H17NO3. The molecule has 0 aliphatic heterocycles. The van der Waals surface area contributed by atoms with E-state index in [9.17, 15) is 9.90 Å². The molecule has 0 saturated heterocycles. The van der Waals surface area contributed by atoms with Crippen molar-refractivity contribution in [1.29, 1.82) is 0 Å². The molecule has 1 rings (SSSR count). The molecule has 1 unspecified atom stereocenters. The Kier molecular flexibility index (Phi) is 4.37. The van der Waals surface area contributed by atoms with Crippen LogP contribution in [0.5, 0.6) is 0 Å². The van der Waals surface area contributed by atoms with E-state index in [2.05, 4.69) is 4.74 Å². The van der Waals surface area contributed by atoms with Crippen LogP contribution in [0.25, 0.3) is 0 Å². The van der Waals surface area contributed by atoms with Crippen molar-refractivity contribution in [3.8, 4) is 0 Å². The topological polar surface area (TPSA) is 51.5 Å². The van der Waals surface area contributed by atoms with Gasteiger partial charge in [0.2, 0.25) is 0 Å². The fourth-order valence-electron chi connectivity index (χ4n) is 1.35. The van der Waals surface area contributed by atoms with E-state index in [1.54, 1.807) is 6.92 Å². The van der Waals surface area contributed by atoms with Gasteiger partial charge in [-0.05, 0) is 25.0 Å². The van der Waals surface area contributed by atoms with E-state index in [-0.39, 0.29) is 5.97 Å². The number of esters is 1. The van der Waals surface area contributed by atoms with Gasteiger partial charge in [-0.15, -0.1) is 0 Å². The number of carbonyl (C=O) groups excluding carboxylic acids is 1. The lowest BCUT2D eigenvalue weighted by atomic mass is 10.2. The highest BCUT2D eigenvalue weighted by Crippen LogP contribution is 2.12. The van der Waals surface area contributed by atoms with Crippen molar-refractivity contribution in [3.63, 3.8) is 0 Å². The molecule has 0 spiro atoms. The molecule has 1 aromatic rings. The Hall–Kier alpha value is -1.29. The first-order valence-electron chi connectivity index (χ1n) is 5.04. The van der Waals surface area contributed by atoms with Crippen LogP contribution in [0.15, 0.2) is 18.5 Å². The van der Waals surface area contributed by atoms with Crippen LogP contribution in [0.4, 0.5) is 0 Å². The Morgan fingerprint density at radius 2 is 2.40 bits per heavy atom. The molecule has 0 aromatic carbocycles. The number of hydrogen-bond acceptors (Lipinski definition) is 3. The van der Waals surface area contributed by atoms with Crippen molar-refractivity contribution >= 4 is 5.97 Å². The summed E-state index contributed by atoms with van der Waals surface area (Å²) in [7, 11) is 1.39. The van der Waals surface area contributed by atoms with Crippen molar-refractivity contribution in [2.24, 2.45) is 0 Å². The van der Waals surface area contributed by atoms with E-state index in [4.69, 9.17) is 0 Å². The number of nitrogens with zero attached hydrogens (tertiary/aromatic N) is 1. The molecule has 1 aromatic heterocycles. The molecule has 0 radical (unpaired) electrons. The third-order valence-electron chi connectivity index (χ3n) is 2.28. The van der Waals surface area contributed by atoms with E-state index >= 15 is 0 Å². The van der Waals surface area contributed by atoms with Gasteiger partial charge in [0.15, 0.2) is 0 Å². The van der Waals surface area contributed by atoms with Crippen LogP contribution in [0.1, 0.15) is 31.4 Å². The molecule has 4 nitrogen and oxygen atoms in total. The minimum atomic E-state index is -0.438. The minimum Gasteiger partial charge on any atom is -0.469 e. The summed E-state index contributed by atoms with van der Waals surface area (Å²) in [4.78, 5) is 10.8. The van der Waals surface area contributed by atoms with Gasteiger partial charge in [0.1, 0.15) is 0 Å². The highest BCUT2D eigenvalue weighted by atomic mass is 16.5. The summed E-state index contributed by atoms with van der Waals surface area (Å²) in [5, 5.41) is 9.30. The SMILES string of the molecule is COC(=O)CCCn1ccc(C(C)O)c1. The molecule has 1 atom stereocenters. The first kappa shape index (κ1) is 11.8. The minimum absolute atomic E-state index is 0.182. The second-order valence-electron chi connectivity index (χ2n) is 3.54. The standard InChI is InChI=1S/C11H17NO3/c1-9(13)10-5-7-12(8-10)6-3-4-11(14)15-2/h5,7-9,13H,3-4,6H2,1-2H3. The van der Waals surface area contributed by atoms with Gasteiger partial charge in [0.25, 0.3) is 0 Å². The first-order valence-corrected chi connectivity index (χ1v) is 5.04. The van der Waals surface area contributed by atoms with E-state index in [1.807, 2.05) is 23.0 Å². The Labute approximate surface area is 89.5 Å². The van der Waals surface area contributed by atoms with Crippen molar-refractivity contribution in [2.75, 3.05) is 7.11 Å². The van der Waals surface area contributed by atoms with Gasteiger partial charge < -0.3 is 14.4 Å². The van der Waals surface area contributed by atoms with Crippen molar-refractivity contribution in [1.82, 2.24) is 4.57 Å². The first-order chi connectivity index (χ1) is 7.13. The molecule has 0 bridgehead atoms. The fraction of sp³-hybridized carbons (Fsp3) is 0.545. The quantitative estimate of drug-likeness (QED) is 0.751. The molecule has 0 fully saturated rings. The molecule has 0 amide bonds. The van der Waals surface area contributed by atoms with Crippen LogP contribution in [0.3, 0.4) is 0 Å². The van der Waals surface area contributed by atoms with Crippen LogP contribution >= 0.6 is 0 Å². The van der Waals surface area contributed by atoms with Gasteiger partial charge in [-0.2, -0.15) is 0 Å². The highest BCUT2D eigenvalue weighted by Gasteiger charge is 2.03. The largest absolute Gasteiger partial charge is 0.469 e. The highest BCUT2D eigenvalue weighted by molar-refractivity contribution is 5.68. The maximum absolute atomic E-state index is 10.8. The zero-order valence-corrected chi connectivity index (χ0v) is 9.14. The molecule has 0 aliphatic carbocycles. The summed E-state index contributed by atoms with van der Waals surface area (Å²) in [6, 6.07) is 1.88. The van der Waals surface area contributed by atoms with Gasteiger partial charge in [-0.1, -0.05) is 0 Å². The number of aryl methyl sites for hydroxylation is 1. The molecule has 4 heteroatoms. The normalized spacial score (nSPS) is 12.5. The maximum Gasteiger partial charge on any atom is 0.305 e. The lowest BCUT2D eigenvalue weighted by Gasteiger charge is -2.02. The Morgan fingerprint density at radius 3 is 2.93 bits per heavy atom. The van der Waals surface area contributed by atoms with Crippen LogP contribution in [-0.2, 0) is 16.1 Å². The summed E-state index contributed by atoms with van der Waals surface area (Å²) in [6.45, 7) is 2.50. The third kappa shape index (κ3) is 3.75. The molecule has 1 heterocycles. The van der Waals surface area contributed by atoms with Crippen LogP contribution in [0.2, 0.25) is 0 Å². The van der Waals surface area contributed by atoms with Crippen molar-refractivity contribution in [2.45, 2.75) is 32.4 Å². The molecule has 0 aliphatic rings. The van der Waals surface area contributed by atoms with Gasteiger partial charge >= 0.3 is 5.97 Å². The Morgan fingerprint density at radius 1 is 1.67 bits per heavy atom. The van der Waals surface area contributed by atoms with E-state index in [0.717, 1.165) is 18.5 Å². The molecule has 84 valence electrons. The Bertz CT molecular complexity index is 317. The third-order valence-corrected chi connectivity index (χ3v) is 2.28. The van der Waals surface area contributed by atoms with Gasteiger partial charge in [0, 0.05) is 25.4 Å². The number of aliphatic hydroxyl groups is 1. The molecule has 1 N–H and O–H groups in total. The fourth-order valence-corrected chi connectivity index (χ4v) is 1.35. The average Bonchev–Trinajstić information content (AvgIpc) is 2.66.